The molecule has 3 heterocycles. The first kappa shape index (κ1) is 11.8. The van der Waals surface area contributed by atoms with E-state index in [4.69, 9.17) is 11.0 Å². The van der Waals surface area contributed by atoms with Crippen LogP contribution in [-0.4, -0.2) is 46.5 Å². The minimum atomic E-state index is -1.21. The summed E-state index contributed by atoms with van der Waals surface area (Å²) >= 11 is 0. The third-order valence-corrected chi connectivity index (χ3v) is 4.36. The summed E-state index contributed by atoms with van der Waals surface area (Å²) in [6.07, 6.45) is -0.0864. The molecule has 1 unspecified atom stereocenters. The van der Waals surface area contributed by atoms with Gasteiger partial charge in [0.15, 0.2) is 0 Å². The predicted molar refractivity (Wildman–Crippen MR) is 99.3 cm³/mol. The van der Waals surface area contributed by atoms with Gasteiger partial charge in [0.25, 0.3) is 11.8 Å². The zero-order valence-electron chi connectivity index (χ0n) is 22.8. The molecule has 4 amide bonds. The summed E-state index contributed by atoms with van der Waals surface area (Å²) in [5.74, 6) is -5.26. The predicted octanol–water partition coefficient (Wildman–Crippen LogP) is 1.08. The lowest BCUT2D eigenvalue weighted by Crippen LogP contribution is -2.54. The standard InChI is InChI=1S/C13H10N2O4.C8H4O3/c16-10-6-5-9(11(17)14-10)15-12(18)7-3-1-2-4-8(7)13(15)19;9-7-5-3-1-2-4-6(5)8(10)11-7/h1-4,9H,5-6H2,(H,14,16,17);1-4H/i2*1D,2D,3D,4D. The van der Waals surface area contributed by atoms with Crippen molar-refractivity contribution in [1.82, 2.24) is 10.2 Å². The van der Waals surface area contributed by atoms with Gasteiger partial charge in [-0.2, -0.15) is 0 Å². The second-order valence-electron chi connectivity index (χ2n) is 6.12. The Morgan fingerprint density at radius 3 is 1.73 bits per heavy atom. The molecule has 0 radical (unpaired) electrons. The molecular weight excluding hydrogens is 392 g/mol. The molecule has 1 atom stereocenters. The number of hydrogen-bond donors (Lipinski definition) is 1. The Bertz CT molecular complexity index is 1450. The van der Waals surface area contributed by atoms with Crippen molar-refractivity contribution in [2.24, 2.45) is 0 Å². The van der Waals surface area contributed by atoms with Crippen molar-refractivity contribution in [2.45, 2.75) is 18.9 Å². The van der Waals surface area contributed by atoms with Gasteiger partial charge in [0, 0.05) is 6.42 Å². The third kappa shape index (κ3) is 3.16. The van der Waals surface area contributed by atoms with E-state index in [0.717, 1.165) is 0 Å². The van der Waals surface area contributed by atoms with Crippen LogP contribution in [-0.2, 0) is 14.3 Å². The number of cyclic esters (lactones) is 2. The van der Waals surface area contributed by atoms with Crippen molar-refractivity contribution in [2.75, 3.05) is 0 Å². The summed E-state index contributed by atoms with van der Waals surface area (Å²) in [7, 11) is 0. The smallest absolute Gasteiger partial charge is 0.346 e. The number of benzene rings is 2. The van der Waals surface area contributed by atoms with E-state index in [-0.39, 0.29) is 24.0 Å². The molecule has 3 aliphatic heterocycles. The van der Waals surface area contributed by atoms with Gasteiger partial charge in [-0.1, -0.05) is 24.2 Å². The molecule has 2 aromatic rings. The summed E-state index contributed by atoms with van der Waals surface area (Å²) in [5.41, 5.74) is -1.64. The van der Waals surface area contributed by atoms with Crippen LogP contribution in [0.3, 0.4) is 0 Å². The van der Waals surface area contributed by atoms with Crippen LogP contribution in [0.5, 0.6) is 0 Å². The van der Waals surface area contributed by atoms with Gasteiger partial charge in [0.2, 0.25) is 11.8 Å². The number of imide groups is 2. The number of piperidine rings is 1. The van der Waals surface area contributed by atoms with E-state index in [1.54, 1.807) is 0 Å². The molecule has 1 saturated heterocycles. The normalized spacial score (nSPS) is 23.3. The molecule has 0 bridgehead atoms. The van der Waals surface area contributed by atoms with Crippen molar-refractivity contribution in [3.63, 3.8) is 0 Å². The lowest BCUT2D eigenvalue weighted by molar-refractivity contribution is -0.136. The van der Waals surface area contributed by atoms with Crippen molar-refractivity contribution in [1.29, 1.82) is 0 Å². The molecule has 0 aromatic heterocycles. The number of hydrogen-bond acceptors (Lipinski definition) is 7. The number of esters is 2. The third-order valence-electron chi connectivity index (χ3n) is 4.36. The Labute approximate surface area is 180 Å². The number of nitrogens with one attached hydrogen (secondary N) is 1. The molecule has 30 heavy (non-hydrogen) atoms. The van der Waals surface area contributed by atoms with Crippen LogP contribution in [0.4, 0.5) is 0 Å². The lowest BCUT2D eigenvalue weighted by atomic mass is 10.0. The lowest BCUT2D eigenvalue weighted by Gasteiger charge is -2.27. The number of rotatable bonds is 1. The largest absolute Gasteiger partial charge is 0.386 e. The highest BCUT2D eigenvalue weighted by molar-refractivity contribution is 6.23. The number of ether oxygens (including phenoxy) is 1. The maximum atomic E-state index is 12.5. The van der Waals surface area contributed by atoms with Gasteiger partial charge in [0.05, 0.1) is 33.2 Å². The summed E-state index contributed by atoms with van der Waals surface area (Å²) in [6.45, 7) is 0. The second-order valence-corrected chi connectivity index (χ2v) is 6.12. The summed E-state index contributed by atoms with van der Waals surface area (Å²) in [5, 5.41) is 2.03. The first-order chi connectivity index (χ1) is 17.7. The minimum Gasteiger partial charge on any atom is -0.386 e. The summed E-state index contributed by atoms with van der Waals surface area (Å²) in [4.78, 5) is 70.9. The zero-order valence-corrected chi connectivity index (χ0v) is 14.8. The van der Waals surface area contributed by atoms with Crippen molar-refractivity contribution < 1.29 is 44.5 Å². The molecule has 0 spiro atoms. The molecule has 1 N–H and O–H groups in total. The number of carbonyl (C=O) groups excluding carboxylic acids is 6. The Morgan fingerprint density at radius 2 is 1.27 bits per heavy atom. The molecule has 5 rings (SSSR count). The molecule has 2 aromatic carbocycles. The second kappa shape index (κ2) is 7.36. The highest BCUT2D eigenvalue weighted by Gasteiger charge is 2.44. The fourth-order valence-electron chi connectivity index (χ4n) is 2.98. The Balaban J connectivity index is 0.000000194. The van der Waals surface area contributed by atoms with Gasteiger partial charge in [-0.05, 0) is 30.6 Å². The zero-order chi connectivity index (χ0) is 28.4. The summed E-state index contributed by atoms with van der Waals surface area (Å²) in [6, 6.07) is -5.87. The van der Waals surface area contributed by atoms with E-state index < -0.39 is 101 Å². The van der Waals surface area contributed by atoms with Gasteiger partial charge in [-0.15, -0.1) is 0 Å². The fourth-order valence-corrected chi connectivity index (χ4v) is 2.98. The molecule has 1 fully saturated rings. The molecule has 3 aliphatic rings. The molecule has 0 aliphatic carbocycles. The monoisotopic (exact) mass is 414 g/mol. The molecule has 9 heteroatoms. The van der Waals surface area contributed by atoms with Crippen LogP contribution >= 0.6 is 0 Å². The highest BCUT2D eigenvalue weighted by atomic mass is 16.6. The van der Waals surface area contributed by atoms with E-state index in [9.17, 15) is 28.8 Å². The van der Waals surface area contributed by atoms with Crippen LogP contribution < -0.4 is 5.32 Å². The van der Waals surface area contributed by atoms with Crippen molar-refractivity contribution in [3.05, 3.63) is 70.6 Å². The van der Waals surface area contributed by atoms with E-state index in [1.165, 1.54) is 0 Å². The number of nitrogens with zero attached hydrogens (tertiary/aromatic N) is 1. The first-order valence-electron chi connectivity index (χ1n) is 12.4. The van der Waals surface area contributed by atoms with Crippen LogP contribution in [0.25, 0.3) is 0 Å². The minimum absolute atomic E-state index is 0.0430. The molecule has 150 valence electrons. The van der Waals surface area contributed by atoms with Crippen molar-refractivity contribution >= 4 is 35.6 Å². The van der Waals surface area contributed by atoms with Crippen molar-refractivity contribution in [3.8, 4) is 0 Å². The van der Waals surface area contributed by atoms with Gasteiger partial charge < -0.3 is 4.74 Å². The number of carbonyl (C=O) groups is 6. The van der Waals surface area contributed by atoms with Crippen LogP contribution in [0.1, 0.15) is 65.2 Å². The summed E-state index contributed by atoms with van der Waals surface area (Å²) < 4.78 is 64.3. The first-order valence-corrected chi connectivity index (χ1v) is 8.39. The SMILES string of the molecule is [2H]c1c([2H])c([2H])c2c(c1[2H])C(=O)N(C1CCC(=O)NC1=O)C2=O.[2H]c1c([2H])c([2H])c2c(c1[2H])C(=O)OC2=O. The van der Waals surface area contributed by atoms with Gasteiger partial charge in [-0.3, -0.25) is 29.4 Å². The Morgan fingerprint density at radius 1 is 0.800 bits per heavy atom. The van der Waals surface area contributed by atoms with Gasteiger partial charge in [-0.25, -0.2) is 9.59 Å². The number of amides is 4. The quantitative estimate of drug-likeness (QED) is 0.420. The Hall–Kier alpha value is -4.14. The average Bonchev–Trinajstić information content (AvgIpc) is 3.30. The van der Waals surface area contributed by atoms with Crippen LogP contribution in [0.2, 0.25) is 0 Å². The fraction of sp³-hybridized carbons (Fsp3) is 0.143. The van der Waals surface area contributed by atoms with E-state index in [1.807, 2.05) is 5.32 Å². The maximum absolute atomic E-state index is 12.5. The number of fused-ring (bicyclic) bond motifs is 2. The van der Waals surface area contributed by atoms with E-state index in [2.05, 4.69) is 4.74 Å². The molecule has 0 saturated carbocycles. The van der Waals surface area contributed by atoms with Crippen LogP contribution in [0.15, 0.2) is 48.3 Å². The van der Waals surface area contributed by atoms with Gasteiger partial charge >= 0.3 is 11.9 Å². The topological polar surface area (TPSA) is 127 Å². The molecule has 9 nitrogen and oxygen atoms in total. The van der Waals surface area contributed by atoms with E-state index >= 15 is 0 Å². The average molecular weight is 414 g/mol. The maximum Gasteiger partial charge on any atom is 0.346 e. The van der Waals surface area contributed by atoms with E-state index in [0.29, 0.717) is 4.90 Å². The Kier molecular flexibility index (Phi) is 2.88. The van der Waals surface area contributed by atoms with Gasteiger partial charge in [0.1, 0.15) is 6.04 Å². The molecular formula is C21H14N2O7. The highest BCUT2D eigenvalue weighted by Crippen LogP contribution is 2.27. The van der Waals surface area contributed by atoms with Crippen LogP contribution in [0, 0.1) is 0 Å².